The van der Waals surface area contributed by atoms with Crippen molar-refractivity contribution < 1.29 is 14.4 Å². The lowest BCUT2D eigenvalue weighted by Gasteiger charge is -2.29. The monoisotopic (exact) mass is 332 g/mol. The van der Waals surface area contributed by atoms with Gasteiger partial charge < -0.3 is 4.84 Å². The average Bonchev–Trinajstić information content (AvgIpc) is 3.10. The molecule has 0 aromatic heterocycles. The molecule has 2 fully saturated rings. The van der Waals surface area contributed by atoms with Gasteiger partial charge in [0.2, 0.25) is 12.0 Å². The molecule has 23 heavy (non-hydrogen) atoms. The molecule has 1 saturated carbocycles. The molecule has 6 heteroatoms. The first-order valence-corrected chi connectivity index (χ1v) is 8.42. The van der Waals surface area contributed by atoms with E-state index < -0.39 is 12.0 Å². The number of carbonyl (C=O) groups excluding carboxylic acids is 2. The zero-order valence-corrected chi connectivity index (χ0v) is 13.3. The lowest BCUT2D eigenvalue weighted by molar-refractivity contribution is -0.145. The number of halogens is 1. The second kappa shape index (κ2) is 5.64. The number of rotatable bonds is 2. The molecule has 120 valence electrons. The second-order valence-corrected chi connectivity index (χ2v) is 6.71. The molecule has 2 atom stereocenters. The predicted octanol–water partition coefficient (Wildman–Crippen LogP) is 2.76. The first kappa shape index (κ1) is 14.7. The number of benzene rings is 1. The number of hydrogen-bond acceptors (Lipinski definition) is 4. The Balaban J connectivity index is 1.65. The lowest BCUT2D eigenvalue weighted by atomic mass is 9.93. The molecular weight excluding hydrogens is 316 g/mol. The molecule has 4 rings (SSSR count). The maximum Gasteiger partial charge on any atom is 0.274 e. The fourth-order valence-corrected chi connectivity index (χ4v) is 4.02. The van der Waals surface area contributed by atoms with Gasteiger partial charge in [-0.15, -0.1) is 0 Å². The number of likely N-dealkylation sites (tertiary alicyclic amines) is 1. The second-order valence-electron chi connectivity index (χ2n) is 6.30. The van der Waals surface area contributed by atoms with Gasteiger partial charge in [0.15, 0.2) is 0 Å². The summed E-state index contributed by atoms with van der Waals surface area (Å²) in [4.78, 5) is 32.3. The number of fused-ring (bicyclic) bond motifs is 1. The van der Waals surface area contributed by atoms with Crippen molar-refractivity contribution in [3.8, 4) is 0 Å². The normalized spacial score (nSPS) is 27.9. The van der Waals surface area contributed by atoms with Gasteiger partial charge in [-0.1, -0.05) is 54.2 Å². The number of imide groups is 1. The predicted molar refractivity (Wildman–Crippen MR) is 85.1 cm³/mol. The first-order valence-electron chi connectivity index (χ1n) is 8.04. The molecule has 0 N–H and O–H groups in total. The fraction of sp³-hybridized carbons (Fsp3) is 0.471. The highest BCUT2D eigenvalue weighted by Gasteiger charge is 2.57. The van der Waals surface area contributed by atoms with Crippen LogP contribution in [0.2, 0.25) is 5.02 Å². The molecule has 0 unspecified atom stereocenters. The summed E-state index contributed by atoms with van der Waals surface area (Å²) in [5, 5.41) is 4.50. The minimum absolute atomic E-state index is 0.00504. The molecule has 3 aliphatic rings. The summed E-state index contributed by atoms with van der Waals surface area (Å²) in [5.74, 6) is -1.11. The Hall–Kier alpha value is -1.88. The van der Waals surface area contributed by atoms with Crippen LogP contribution in [-0.2, 0) is 14.4 Å². The molecule has 0 radical (unpaired) electrons. The van der Waals surface area contributed by atoms with E-state index in [0.29, 0.717) is 16.3 Å². The van der Waals surface area contributed by atoms with Crippen molar-refractivity contribution in [2.45, 2.75) is 44.2 Å². The molecule has 2 amide bonds. The first-order chi connectivity index (χ1) is 11.2. The molecular formula is C17H17ClN2O3. The summed E-state index contributed by atoms with van der Waals surface area (Å²) in [6.07, 6.45) is 4.23. The van der Waals surface area contributed by atoms with E-state index in [1.165, 1.54) is 11.3 Å². The van der Waals surface area contributed by atoms with E-state index in [1.54, 1.807) is 12.1 Å². The van der Waals surface area contributed by atoms with Crippen molar-refractivity contribution >= 4 is 29.1 Å². The van der Waals surface area contributed by atoms with Gasteiger partial charge in [0.25, 0.3) is 5.91 Å². The van der Waals surface area contributed by atoms with E-state index in [9.17, 15) is 9.59 Å². The van der Waals surface area contributed by atoms with Crippen LogP contribution in [0.4, 0.5) is 0 Å². The third-order valence-electron chi connectivity index (χ3n) is 4.94. The number of nitrogens with zero attached hydrogens (tertiary/aromatic N) is 2. The van der Waals surface area contributed by atoms with Crippen LogP contribution in [0.3, 0.4) is 0 Å². The Labute approximate surface area is 139 Å². The Kier molecular flexibility index (Phi) is 3.60. The molecule has 2 aliphatic heterocycles. The summed E-state index contributed by atoms with van der Waals surface area (Å²) in [6.45, 7) is 0. The molecule has 1 aromatic rings. The van der Waals surface area contributed by atoms with Gasteiger partial charge in [-0.3, -0.25) is 14.5 Å². The van der Waals surface area contributed by atoms with Crippen molar-refractivity contribution in [3.05, 3.63) is 34.9 Å². The molecule has 0 spiro atoms. The van der Waals surface area contributed by atoms with Crippen LogP contribution in [0.5, 0.6) is 0 Å². The van der Waals surface area contributed by atoms with Gasteiger partial charge >= 0.3 is 0 Å². The number of oxime groups is 1. The SMILES string of the molecule is O=C1[C@@H]2C(c3ccccc3Cl)=NO[C@@H]2C(=O)N1C1CCCCC1. The van der Waals surface area contributed by atoms with E-state index in [1.807, 2.05) is 12.1 Å². The van der Waals surface area contributed by atoms with Gasteiger partial charge in [-0.25, -0.2) is 0 Å². The summed E-state index contributed by atoms with van der Waals surface area (Å²) in [7, 11) is 0. The topological polar surface area (TPSA) is 59.0 Å². The Bertz CT molecular complexity index is 697. The molecule has 5 nitrogen and oxygen atoms in total. The van der Waals surface area contributed by atoms with Crippen LogP contribution < -0.4 is 0 Å². The minimum atomic E-state index is -0.823. The molecule has 1 saturated heterocycles. The van der Waals surface area contributed by atoms with Crippen molar-refractivity contribution in [2.24, 2.45) is 11.1 Å². The molecule has 2 heterocycles. The summed E-state index contributed by atoms with van der Waals surface area (Å²) >= 11 is 6.22. The van der Waals surface area contributed by atoms with Crippen LogP contribution in [0.25, 0.3) is 0 Å². The quantitative estimate of drug-likeness (QED) is 0.782. The van der Waals surface area contributed by atoms with Crippen LogP contribution >= 0.6 is 11.6 Å². The highest BCUT2D eigenvalue weighted by molar-refractivity contribution is 6.36. The van der Waals surface area contributed by atoms with Crippen LogP contribution in [0.15, 0.2) is 29.4 Å². The lowest BCUT2D eigenvalue weighted by Crippen LogP contribution is -2.43. The zero-order valence-electron chi connectivity index (χ0n) is 12.6. The van der Waals surface area contributed by atoms with E-state index in [4.69, 9.17) is 16.4 Å². The Morgan fingerprint density at radius 1 is 1.09 bits per heavy atom. The molecule has 0 bridgehead atoms. The standard InChI is InChI=1S/C17H17ClN2O3/c18-12-9-5-4-8-11(12)14-13-15(23-19-14)17(22)20(16(13)21)10-6-2-1-3-7-10/h4-5,8-10,13,15H,1-3,6-7H2/t13-,15+/m1/s1. The van der Waals surface area contributed by atoms with Gasteiger partial charge in [0, 0.05) is 16.6 Å². The van der Waals surface area contributed by atoms with Gasteiger partial charge in [-0.2, -0.15) is 0 Å². The number of carbonyl (C=O) groups is 2. The van der Waals surface area contributed by atoms with Crippen LogP contribution in [-0.4, -0.2) is 34.6 Å². The van der Waals surface area contributed by atoms with Gasteiger partial charge in [-0.05, 0) is 18.9 Å². The van der Waals surface area contributed by atoms with E-state index in [-0.39, 0.29) is 17.9 Å². The van der Waals surface area contributed by atoms with Crippen molar-refractivity contribution in [2.75, 3.05) is 0 Å². The number of amides is 2. The summed E-state index contributed by atoms with van der Waals surface area (Å²) in [5.41, 5.74) is 1.13. The third-order valence-corrected chi connectivity index (χ3v) is 5.27. The minimum Gasteiger partial charge on any atom is -0.381 e. The van der Waals surface area contributed by atoms with Gasteiger partial charge in [0.1, 0.15) is 11.6 Å². The highest BCUT2D eigenvalue weighted by atomic mass is 35.5. The van der Waals surface area contributed by atoms with E-state index in [0.717, 1.165) is 25.7 Å². The van der Waals surface area contributed by atoms with E-state index in [2.05, 4.69) is 5.16 Å². The molecule has 1 aromatic carbocycles. The smallest absolute Gasteiger partial charge is 0.274 e. The third kappa shape index (κ3) is 2.26. The fourth-order valence-electron chi connectivity index (χ4n) is 3.79. The maximum absolute atomic E-state index is 12.9. The van der Waals surface area contributed by atoms with Gasteiger partial charge in [0.05, 0.1) is 0 Å². The van der Waals surface area contributed by atoms with E-state index >= 15 is 0 Å². The van der Waals surface area contributed by atoms with Crippen LogP contribution in [0.1, 0.15) is 37.7 Å². The maximum atomic E-state index is 12.9. The summed E-state index contributed by atoms with van der Waals surface area (Å²) < 4.78 is 0. The van der Waals surface area contributed by atoms with Crippen molar-refractivity contribution in [1.82, 2.24) is 4.90 Å². The number of hydrogen-bond donors (Lipinski definition) is 0. The Morgan fingerprint density at radius 2 is 1.83 bits per heavy atom. The van der Waals surface area contributed by atoms with Crippen molar-refractivity contribution in [3.63, 3.8) is 0 Å². The zero-order chi connectivity index (χ0) is 16.0. The van der Waals surface area contributed by atoms with Crippen LogP contribution in [0, 0.1) is 5.92 Å². The highest BCUT2D eigenvalue weighted by Crippen LogP contribution is 2.37. The largest absolute Gasteiger partial charge is 0.381 e. The summed E-state index contributed by atoms with van der Waals surface area (Å²) in [6, 6.07) is 7.19. The molecule has 1 aliphatic carbocycles. The van der Waals surface area contributed by atoms with Crippen molar-refractivity contribution in [1.29, 1.82) is 0 Å². The average molecular weight is 333 g/mol. The Morgan fingerprint density at radius 3 is 2.57 bits per heavy atom.